The summed E-state index contributed by atoms with van der Waals surface area (Å²) in [6.07, 6.45) is 2.72. The summed E-state index contributed by atoms with van der Waals surface area (Å²) in [5.74, 6) is 0. The Labute approximate surface area is 61.9 Å². The molecule has 4 heteroatoms. The summed E-state index contributed by atoms with van der Waals surface area (Å²) in [7, 11) is 0. The van der Waals surface area contributed by atoms with Gasteiger partial charge in [-0.15, -0.1) is 11.3 Å². The Morgan fingerprint density at radius 2 is 2.20 bits per heavy atom. The summed E-state index contributed by atoms with van der Waals surface area (Å²) in [4.78, 5) is 4.03. The first-order valence-corrected chi connectivity index (χ1v) is 3.75. The molecule has 1 aromatic heterocycles. The lowest BCUT2D eigenvalue weighted by molar-refractivity contribution is -0.0274. The minimum absolute atomic E-state index is 0.314. The summed E-state index contributed by atoms with van der Waals surface area (Å²) in [6, 6.07) is 0. The van der Waals surface area contributed by atoms with Gasteiger partial charge in [0.25, 0.3) is 6.29 Å². The standard InChI is InChI=1S/C6H5NO2S/c1-2-9-6(8-1)5-3-10-4-7-5/h1-4,6H. The molecule has 52 valence electrons. The highest BCUT2D eigenvalue weighted by Gasteiger charge is 2.16. The summed E-state index contributed by atoms with van der Waals surface area (Å²) < 4.78 is 10.1. The van der Waals surface area contributed by atoms with Crippen LogP contribution in [0.2, 0.25) is 0 Å². The molecule has 1 aliphatic heterocycles. The molecule has 3 nitrogen and oxygen atoms in total. The molecule has 0 aromatic carbocycles. The Bertz CT molecular complexity index is 224. The summed E-state index contributed by atoms with van der Waals surface area (Å²) >= 11 is 1.53. The van der Waals surface area contributed by atoms with Crippen LogP contribution in [0.15, 0.2) is 23.4 Å². The van der Waals surface area contributed by atoms with Crippen molar-refractivity contribution in [3.05, 3.63) is 29.1 Å². The molecular weight excluding hydrogens is 150 g/mol. The van der Waals surface area contributed by atoms with Crippen LogP contribution < -0.4 is 0 Å². The molecule has 0 spiro atoms. The molecule has 2 heterocycles. The molecule has 0 N–H and O–H groups in total. The highest BCUT2D eigenvalue weighted by atomic mass is 32.1. The minimum Gasteiger partial charge on any atom is -0.454 e. The second-order valence-corrected chi connectivity index (χ2v) is 2.51. The Balaban J connectivity index is 2.14. The van der Waals surface area contributed by atoms with E-state index in [1.807, 2.05) is 5.38 Å². The van der Waals surface area contributed by atoms with E-state index >= 15 is 0 Å². The van der Waals surface area contributed by atoms with Crippen LogP contribution in [0, 0.1) is 0 Å². The van der Waals surface area contributed by atoms with E-state index in [0.717, 1.165) is 5.69 Å². The normalized spacial score (nSPS) is 16.8. The van der Waals surface area contributed by atoms with Gasteiger partial charge in [-0.1, -0.05) is 0 Å². The van der Waals surface area contributed by atoms with E-state index in [-0.39, 0.29) is 6.29 Å². The zero-order valence-corrected chi connectivity index (χ0v) is 5.88. The van der Waals surface area contributed by atoms with Gasteiger partial charge in [0, 0.05) is 5.38 Å². The third kappa shape index (κ3) is 0.863. The molecule has 0 unspecified atom stereocenters. The predicted molar refractivity (Wildman–Crippen MR) is 36.2 cm³/mol. The topological polar surface area (TPSA) is 31.4 Å². The average Bonchev–Trinajstić information content (AvgIpc) is 2.59. The highest BCUT2D eigenvalue weighted by molar-refractivity contribution is 7.07. The molecular formula is C6H5NO2S. The van der Waals surface area contributed by atoms with Crippen molar-refractivity contribution in [3.63, 3.8) is 0 Å². The van der Waals surface area contributed by atoms with E-state index in [4.69, 9.17) is 9.47 Å². The quantitative estimate of drug-likeness (QED) is 0.618. The first-order chi connectivity index (χ1) is 4.97. The van der Waals surface area contributed by atoms with Gasteiger partial charge in [-0.25, -0.2) is 4.98 Å². The monoisotopic (exact) mass is 155 g/mol. The lowest BCUT2D eigenvalue weighted by Crippen LogP contribution is -1.96. The summed E-state index contributed by atoms with van der Waals surface area (Å²) in [6.45, 7) is 0. The molecule has 0 atom stereocenters. The van der Waals surface area contributed by atoms with Crippen LogP contribution in [0.3, 0.4) is 0 Å². The van der Waals surface area contributed by atoms with E-state index in [9.17, 15) is 0 Å². The van der Waals surface area contributed by atoms with Crippen molar-refractivity contribution >= 4 is 11.3 Å². The molecule has 1 aliphatic rings. The Morgan fingerprint density at radius 3 is 2.80 bits per heavy atom. The minimum atomic E-state index is -0.314. The van der Waals surface area contributed by atoms with E-state index in [1.54, 1.807) is 5.51 Å². The van der Waals surface area contributed by atoms with Crippen LogP contribution in [0.1, 0.15) is 12.0 Å². The van der Waals surface area contributed by atoms with E-state index < -0.39 is 0 Å². The van der Waals surface area contributed by atoms with Crippen molar-refractivity contribution in [1.82, 2.24) is 4.98 Å². The number of hydrogen-bond acceptors (Lipinski definition) is 4. The lowest BCUT2D eigenvalue weighted by Gasteiger charge is -2.04. The average molecular weight is 155 g/mol. The van der Waals surface area contributed by atoms with Crippen molar-refractivity contribution in [2.45, 2.75) is 6.29 Å². The van der Waals surface area contributed by atoms with Crippen molar-refractivity contribution < 1.29 is 9.47 Å². The maximum absolute atomic E-state index is 5.04. The number of rotatable bonds is 1. The molecule has 0 amide bonds. The van der Waals surface area contributed by atoms with Gasteiger partial charge < -0.3 is 9.47 Å². The number of aromatic nitrogens is 1. The molecule has 0 saturated heterocycles. The van der Waals surface area contributed by atoms with Gasteiger partial charge in [0.15, 0.2) is 0 Å². The number of hydrogen-bond donors (Lipinski definition) is 0. The van der Waals surface area contributed by atoms with Gasteiger partial charge in [0.1, 0.15) is 18.2 Å². The van der Waals surface area contributed by atoms with Crippen LogP contribution in [-0.4, -0.2) is 4.98 Å². The Kier molecular flexibility index (Phi) is 1.32. The van der Waals surface area contributed by atoms with E-state index in [1.165, 1.54) is 23.9 Å². The predicted octanol–water partition coefficient (Wildman–Crippen LogP) is 1.66. The Morgan fingerprint density at radius 1 is 1.40 bits per heavy atom. The maximum Gasteiger partial charge on any atom is 0.284 e. The molecule has 0 radical (unpaired) electrons. The van der Waals surface area contributed by atoms with Gasteiger partial charge in [-0.3, -0.25) is 0 Å². The number of ether oxygens (including phenoxy) is 2. The third-order valence-corrected chi connectivity index (χ3v) is 1.76. The fraction of sp³-hybridized carbons (Fsp3) is 0.167. The van der Waals surface area contributed by atoms with Gasteiger partial charge in [-0.05, 0) is 0 Å². The molecule has 10 heavy (non-hydrogen) atoms. The number of nitrogens with zero attached hydrogens (tertiary/aromatic N) is 1. The SMILES string of the molecule is C1=COC(c2cscn2)O1. The first-order valence-electron chi connectivity index (χ1n) is 2.81. The molecule has 2 rings (SSSR count). The smallest absolute Gasteiger partial charge is 0.284 e. The van der Waals surface area contributed by atoms with Gasteiger partial charge in [-0.2, -0.15) is 0 Å². The maximum atomic E-state index is 5.04. The zero-order valence-electron chi connectivity index (χ0n) is 5.06. The van der Waals surface area contributed by atoms with Crippen molar-refractivity contribution in [2.75, 3.05) is 0 Å². The van der Waals surface area contributed by atoms with Crippen LogP contribution in [0.5, 0.6) is 0 Å². The lowest BCUT2D eigenvalue weighted by atomic mass is 10.5. The summed E-state index contributed by atoms with van der Waals surface area (Å²) in [5.41, 5.74) is 2.58. The molecule has 0 saturated carbocycles. The van der Waals surface area contributed by atoms with E-state index in [2.05, 4.69) is 4.98 Å². The largest absolute Gasteiger partial charge is 0.454 e. The Hall–Kier alpha value is -1.03. The van der Waals surface area contributed by atoms with Crippen LogP contribution in [0.25, 0.3) is 0 Å². The molecule has 0 aliphatic carbocycles. The van der Waals surface area contributed by atoms with Crippen LogP contribution in [-0.2, 0) is 9.47 Å². The second kappa shape index (κ2) is 2.30. The fourth-order valence-electron chi connectivity index (χ4n) is 0.717. The molecule has 0 fully saturated rings. The van der Waals surface area contributed by atoms with Gasteiger partial charge in [0.05, 0.1) is 5.51 Å². The van der Waals surface area contributed by atoms with Crippen LogP contribution >= 0.6 is 11.3 Å². The third-order valence-electron chi connectivity index (χ3n) is 1.15. The fourth-order valence-corrected chi connectivity index (χ4v) is 1.27. The summed E-state index contributed by atoms with van der Waals surface area (Å²) in [5, 5.41) is 1.90. The zero-order chi connectivity index (χ0) is 6.81. The van der Waals surface area contributed by atoms with Gasteiger partial charge in [0.2, 0.25) is 0 Å². The first kappa shape index (κ1) is 5.73. The second-order valence-electron chi connectivity index (χ2n) is 1.79. The van der Waals surface area contributed by atoms with Crippen molar-refractivity contribution in [2.24, 2.45) is 0 Å². The number of thiazole rings is 1. The molecule has 1 aromatic rings. The molecule has 0 bridgehead atoms. The highest BCUT2D eigenvalue weighted by Crippen LogP contribution is 2.22. The van der Waals surface area contributed by atoms with Crippen molar-refractivity contribution in [3.8, 4) is 0 Å². The van der Waals surface area contributed by atoms with Crippen molar-refractivity contribution in [1.29, 1.82) is 0 Å². The van der Waals surface area contributed by atoms with Gasteiger partial charge >= 0.3 is 0 Å². The van der Waals surface area contributed by atoms with Crippen LogP contribution in [0.4, 0.5) is 0 Å². The van der Waals surface area contributed by atoms with E-state index in [0.29, 0.717) is 0 Å².